The van der Waals surface area contributed by atoms with Gasteiger partial charge in [0.1, 0.15) is 0 Å². The standard InChI is InChI=1S/C16H17N3O4/c1-18(2)13-8-6-12(7-9-13)17-15(20)11-23-16(21)14-5-3-4-10-19(14)22/h3-10H,11H2,1-2H3,(H,17,20). The third-order valence-corrected chi connectivity index (χ3v) is 3.04. The van der Waals surface area contributed by atoms with Crippen molar-refractivity contribution in [2.24, 2.45) is 0 Å². The van der Waals surface area contributed by atoms with Crippen molar-refractivity contribution >= 4 is 23.3 Å². The highest BCUT2D eigenvalue weighted by atomic mass is 16.5. The van der Waals surface area contributed by atoms with E-state index in [1.807, 2.05) is 31.1 Å². The van der Waals surface area contributed by atoms with Crippen molar-refractivity contribution < 1.29 is 19.1 Å². The zero-order chi connectivity index (χ0) is 16.8. The maximum atomic E-state index is 11.8. The minimum absolute atomic E-state index is 0.171. The van der Waals surface area contributed by atoms with Crippen LogP contribution in [0.15, 0.2) is 48.7 Å². The van der Waals surface area contributed by atoms with Crippen LogP contribution in [0.2, 0.25) is 0 Å². The number of rotatable bonds is 5. The second kappa shape index (κ2) is 7.26. The van der Waals surface area contributed by atoms with E-state index in [0.717, 1.165) is 5.69 Å². The van der Waals surface area contributed by atoms with Crippen LogP contribution in [0.1, 0.15) is 10.5 Å². The van der Waals surface area contributed by atoms with E-state index in [1.165, 1.54) is 24.4 Å². The maximum absolute atomic E-state index is 11.8. The van der Waals surface area contributed by atoms with Crippen molar-refractivity contribution in [3.63, 3.8) is 0 Å². The second-order valence-corrected chi connectivity index (χ2v) is 4.98. The van der Waals surface area contributed by atoms with Crippen LogP contribution < -0.4 is 14.9 Å². The number of hydrogen-bond donors (Lipinski definition) is 1. The summed E-state index contributed by atoms with van der Waals surface area (Å²) in [6, 6.07) is 11.6. The third kappa shape index (κ3) is 4.44. The summed E-state index contributed by atoms with van der Waals surface area (Å²) in [6.45, 7) is -0.469. The molecule has 0 radical (unpaired) electrons. The summed E-state index contributed by atoms with van der Waals surface area (Å²) in [4.78, 5) is 25.4. The molecular weight excluding hydrogens is 298 g/mol. The summed E-state index contributed by atoms with van der Waals surface area (Å²) in [6.07, 6.45) is 1.18. The average Bonchev–Trinajstić information content (AvgIpc) is 2.53. The molecule has 120 valence electrons. The van der Waals surface area contributed by atoms with Crippen molar-refractivity contribution in [3.05, 3.63) is 59.6 Å². The predicted octanol–water partition coefficient (Wildman–Crippen LogP) is 1.18. The van der Waals surface area contributed by atoms with Gasteiger partial charge in [-0.1, -0.05) is 0 Å². The molecule has 1 heterocycles. The van der Waals surface area contributed by atoms with Crippen LogP contribution >= 0.6 is 0 Å². The van der Waals surface area contributed by atoms with E-state index in [0.29, 0.717) is 10.4 Å². The van der Waals surface area contributed by atoms with Crippen molar-refractivity contribution in [1.29, 1.82) is 0 Å². The Kier molecular flexibility index (Phi) is 5.14. The molecule has 1 aromatic carbocycles. The molecule has 0 fully saturated rings. The zero-order valence-corrected chi connectivity index (χ0v) is 12.9. The van der Waals surface area contributed by atoms with Gasteiger partial charge in [-0.15, -0.1) is 0 Å². The predicted molar refractivity (Wildman–Crippen MR) is 85.1 cm³/mol. The molecule has 2 rings (SSSR count). The zero-order valence-electron chi connectivity index (χ0n) is 12.9. The Balaban J connectivity index is 1.88. The van der Waals surface area contributed by atoms with Gasteiger partial charge in [-0.25, -0.2) is 4.79 Å². The lowest BCUT2D eigenvalue weighted by molar-refractivity contribution is -0.608. The van der Waals surface area contributed by atoms with Crippen LogP contribution in [0.3, 0.4) is 0 Å². The second-order valence-electron chi connectivity index (χ2n) is 4.98. The number of aromatic nitrogens is 1. The van der Waals surface area contributed by atoms with Gasteiger partial charge >= 0.3 is 11.7 Å². The van der Waals surface area contributed by atoms with Gasteiger partial charge in [-0.3, -0.25) is 4.79 Å². The lowest BCUT2D eigenvalue weighted by Crippen LogP contribution is -2.35. The minimum Gasteiger partial charge on any atom is -0.618 e. The summed E-state index contributed by atoms with van der Waals surface area (Å²) < 4.78 is 5.21. The molecule has 0 unspecified atom stereocenters. The van der Waals surface area contributed by atoms with Crippen molar-refractivity contribution in [2.45, 2.75) is 0 Å². The summed E-state index contributed by atoms with van der Waals surface area (Å²) in [5.41, 5.74) is 1.42. The summed E-state index contributed by atoms with van der Waals surface area (Å²) in [5.74, 6) is -1.33. The maximum Gasteiger partial charge on any atom is 0.405 e. The molecule has 7 heteroatoms. The number of esters is 1. The Hall–Kier alpha value is -3.09. The molecule has 0 atom stereocenters. The molecular formula is C16H17N3O4. The van der Waals surface area contributed by atoms with Crippen molar-refractivity contribution in [1.82, 2.24) is 0 Å². The quantitative estimate of drug-likeness (QED) is 0.509. The molecule has 23 heavy (non-hydrogen) atoms. The van der Waals surface area contributed by atoms with Crippen molar-refractivity contribution in [3.8, 4) is 0 Å². The molecule has 1 N–H and O–H groups in total. The largest absolute Gasteiger partial charge is 0.618 e. The third-order valence-electron chi connectivity index (χ3n) is 3.04. The van der Waals surface area contributed by atoms with Crippen molar-refractivity contribution in [2.75, 3.05) is 30.9 Å². The number of benzene rings is 1. The average molecular weight is 315 g/mol. The Morgan fingerprint density at radius 2 is 1.87 bits per heavy atom. The molecule has 0 aliphatic carbocycles. The number of amides is 1. The SMILES string of the molecule is CN(C)c1ccc(NC(=O)COC(=O)c2cccc[n+]2[O-])cc1. The van der Waals surface area contributed by atoms with Crippen LogP contribution in [-0.4, -0.2) is 32.6 Å². The molecule has 7 nitrogen and oxygen atoms in total. The fourth-order valence-electron chi connectivity index (χ4n) is 1.83. The Morgan fingerprint density at radius 1 is 1.17 bits per heavy atom. The number of carbonyl (C=O) groups is 2. The number of hydrogen-bond acceptors (Lipinski definition) is 5. The molecule has 0 aliphatic rings. The van der Waals surface area contributed by atoms with Crippen LogP contribution in [0.4, 0.5) is 11.4 Å². The first kappa shape index (κ1) is 16.3. The number of ether oxygens (including phenoxy) is 1. The molecule has 1 aromatic heterocycles. The fourth-order valence-corrected chi connectivity index (χ4v) is 1.83. The highest BCUT2D eigenvalue weighted by Gasteiger charge is 2.18. The Morgan fingerprint density at radius 3 is 2.48 bits per heavy atom. The molecule has 0 spiro atoms. The van der Waals surface area contributed by atoms with Gasteiger partial charge in [0.15, 0.2) is 12.8 Å². The summed E-state index contributed by atoms with van der Waals surface area (Å²) in [7, 11) is 3.83. The van der Waals surface area contributed by atoms with E-state index in [1.54, 1.807) is 12.1 Å². The number of pyridine rings is 1. The van der Waals surface area contributed by atoms with Gasteiger partial charge < -0.3 is 20.2 Å². The summed E-state index contributed by atoms with van der Waals surface area (Å²) in [5, 5.41) is 14.0. The first-order valence-electron chi connectivity index (χ1n) is 6.90. The van der Waals surface area contributed by atoms with Gasteiger partial charge in [0.2, 0.25) is 0 Å². The number of nitrogens with zero attached hydrogens (tertiary/aromatic N) is 2. The van der Waals surface area contributed by atoms with Gasteiger partial charge in [-0.2, -0.15) is 4.73 Å². The Labute approximate surface area is 133 Å². The fraction of sp³-hybridized carbons (Fsp3) is 0.188. The number of anilines is 2. The number of carbonyl (C=O) groups excluding carboxylic acids is 2. The first-order valence-corrected chi connectivity index (χ1v) is 6.90. The smallest absolute Gasteiger partial charge is 0.405 e. The highest BCUT2D eigenvalue weighted by Crippen LogP contribution is 2.15. The summed E-state index contributed by atoms with van der Waals surface area (Å²) >= 11 is 0. The molecule has 0 aliphatic heterocycles. The molecule has 0 saturated carbocycles. The van der Waals surface area contributed by atoms with E-state index >= 15 is 0 Å². The van der Waals surface area contributed by atoms with Gasteiger partial charge in [-0.05, 0) is 30.3 Å². The number of nitrogens with one attached hydrogen (secondary N) is 1. The van der Waals surface area contributed by atoms with Gasteiger partial charge in [0.05, 0.1) is 0 Å². The van der Waals surface area contributed by atoms with Crippen LogP contribution in [-0.2, 0) is 9.53 Å². The van der Waals surface area contributed by atoms with E-state index in [2.05, 4.69) is 5.32 Å². The van der Waals surface area contributed by atoms with E-state index in [4.69, 9.17) is 4.74 Å². The molecule has 1 amide bonds. The van der Waals surface area contributed by atoms with Crippen LogP contribution in [0, 0.1) is 5.21 Å². The first-order chi connectivity index (χ1) is 11.0. The van der Waals surface area contributed by atoms with Crippen LogP contribution in [0.25, 0.3) is 0 Å². The normalized spacial score (nSPS) is 10.0. The van der Waals surface area contributed by atoms with E-state index in [-0.39, 0.29) is 5.69 Å². The van der Waals surface area contributed by atoms with E-state index in [9.17, 15) is 14.8 Å². The lowest BCUT2D eigenvalue weighted by Gasteiger charge is -2.13. The molecule has 0 bridgehead atoms. The monoisotopic (exact) mass is 315 g/mol. The van der Waals surface area contributed by atoms with Gasteiger partial charge in [0, 0.05) is 37.6 Å². The lowest BCUT2D eigenvalue weighted by atomic mass is 10.2. The molecule has 0 saturated heterocycles. The minimum atomic E-state index is -0.848. The topological polar surface area (TPSA) is 85.6 Å². The molecule has 2 aromatic rings. The Bertz CT molecular complexity index is 699. The van der Waals surface area contributed by atoms with Crippen LogP contribution in [0.5, 0.6) is 0 Å². The van der Waals surface area contributed by atoms with Gasteiger partial charge in [0.25, 0.3) is 5.91 Å². The highest BCUT2D eigenvalue weighted by molar-refractivity contribution is 5.94. The van der Waals surface area contributed by atoms with E-state index < -0.39 is 18.5 Å².